The van der Waals surface area contributed by atoms with Crippen LogP contribution < -0.4 is 5.32 Å². The van der Waals surface area contributed by atoms with Gasteiger partial charge in [-0.2, -0.15) is 5.10 Å². The van der Waals surface area contributed by atoms with E-state index in [1.165, 1.54) is 24.1 Å². The maximum Gasteiger partial charge on any atom is 0.329 e. The first-order valence-electron chi connectivity index (χ1n) is 9.35. The van der Waals surface area contributed by atoms with Gasteiger partial charge in [0.15, 0.2) is 17.2 Å². The fraction of sp³-hybridized carbons (Fsp3) is 0.300. The molecule has 1 amide bonds. The number of fused-ring (bicyclic) bond motifs is 1. The number of benzene rings is 1. The molecule has 2 aromatic heterocycles. The fourth-order valence-corrected chi connectivity index (χ4v) is 3.61. The van der Waals surface area contributed by atoms with E-state index in [2.05, 4.69) is 20.5 Å². The lowest BCUT2D eigenvalue weighted by atomic mass is 10.0. The second-order valence-corrected chi connectivity index (χ2v) is 7.01. The number of carbonyl (C=O) groups is 2. The fourth-order valence-electron chi connectivity index (χ4n) is 3.61. The van der Waals surface area contributed by atoms with E-state index in [0.717, 1.165) is 6.07 Å². The Bertz CT molecular complexity index is 1150. The normalized spacial score (nSPS) is 16.6. The number of nitrogens with zero attached hydrogens (tertiary/aromatic N) is 3. The van der Waals surface area contributed by atoms with Gasteiger partial charge in [-0.1, -0.05) is 0 Å². The lowest BCUT2D eigenvalue weighted by Gasteiger charge is -2.34. The molecule has 0 aliphatic carbocycles. The average Bonchev–Trinajstić information content (AvgIpc) is 3.14. The number of H-pyrrole nitrogens is 1. The SMILES string of the molecule is COC(=O)[C@H]1CNCCN1C(=O)c1cc(-c2ccc(O)c(F)c2)nc2n[nH]c(C)c12. The summed E-state index contributed by atoms with van der Waals surface area (Å²) in [5.74, 6) is -2.16. The van der Waals surface area contributed by atoms with E-state index in [1.54, 1.807) is 13.0 Å². The first-order valence-corrected chi connectivity index (χ1v) is 9.35. The molecule has 3 aromatic rings. The molecule has 0 unspecified atom stereocenters. The molecule has 0 radical (unpaired) electrons. The van der Waals surface area contributed by atoms with Crippen molar-refractivity contribution in [3.05, 3.63) is 41.3 Å². The molecule has 9 nitrogen and oxygen atoms in total. The van der Waals surface area contributed by atoms with Crippen LogP contribution in [0, 0.1) is 12.7 Å². The lowest BCUT2D eigenvalue weighted by Crippen LogP contribution is -2.57. The molecule has 156 valence electrons. The summed E-state index contributed by atoms with van der Waals surface area (Å²) in [7, 11) is 1.28. The third kappa shape index (κ3) is 3.35. The van der Waals surface area contributed by atoms with Crippen LogP contribution in [-0.4, -0.2) is 69.9 Å². The van der Waals surface area contributed by atoms with Crippen LogP contribution in [0.25, 0.3) is 22.3 Å². The maximum absolute atomic E-state index is 13.9. The molecule has 30 heavy (non-hydrogen) atoms. The van der Waals surface area contributed by atoms with E-state index in [0.29, 0.717) is 46.6 Å². The van der Waals surface area contributed by atoms with Crippen LogP contribution in [0.5, 0.6) is 5.75 Å². The van der Waals surface area contributed by atoms with E-state index in [1.807, 2.05) is 0 Å². The molecule has 1 aliphatic rings. The number of pyridine rings is 1. The molecule has 4 rings (SSSR count). The number of phenols is 1. The van der Waals surface area contributed by atoms with Crippen LogP contribution in [0.4, 0.5) is 4.39 Å². The monoisotopic (exact) mass is 413 g/mol. The Labute approximate surface area is 170 Å². The summed E-state index contributed by atoms with van der Waals surface area (Å²) in [6.45, 7) is 2.91. The van der Waals surface area contributed by atoms with Crippen molar-refractivity contribution in [2.75, 3.05) is 26.7 Å². The van der Waals surface area contributed by atoms with Crippen molar-refractivity contribution in [3.63, 3.8) is 0 Å². The standard InChI is InChI=1S/C20H20FN5O4/c1-10-17-12(19(28)26-6-5-22-9-15(26)20(29)30-2)8-14(23-18(17)25-24-10)11-3-4-16(27)13(21)7-11/h3-4,7-8,15,22,27H,5-6,9H2,1-2H3,(H,23,24,25)/t15-/m1/s1. The number of carbonyl (C=O) groups excluding carboxylic acids is 2. The first-order chi connectivity index (χ1) is 14.4. The highest BCUT2D eigenvalue weighted by Gasteiger charge is 2.34. The zero-order valence-electron chi connectivity index (χ0n) is 16.4. The number of hydrogen-bond donors (Lipinski definition) is 3. The summed E-state index contributed by atoms with van der Waals surface area (Å²) in [6, 6.07) is 4.65. The Morgan fingerprint density at radius 3 is 2.87 bits per heavy atom. The van der Waals surface area contributed by atoms with Gasteiger partial charge in [-0.05, 0) is 31.2 Å². The summed E-state index contributed by atoms with van der Waals surface area (Å²) < 4.78 is 18.7. The number of phenolic OH excluding ortho intramolecular Hbond substituents is 1. The van der Waals surface area contributed by atoms with Crippen LogP contribution in [-0.2, 0) is 9.53 Å². The Kier molecular flexibility index (Phi) is 5.08. The molecule has 1 saturated heterocycles. The lowest BCUT2D eigenvalue weighted by molar-refractivity contribution is -0.146. The molecule has 3 N–H and O–H groups in total. The molecule has 0 saturated carbocycles. The van der Waals surface area contributed by atoms with E-state index in [-0.39, 0.29) is 12.5 Å². The van der Waals surface area contributed by atoms with Crippen LogP contribution in [0.3, 0.4) is 0 Å². The second-order valence-electron chi connectivity index (χ2n) is 7.01. The number of hydrogen-bond acceptors (Lipinski definition) is 7. The zero-order valence-corrected chi connectivity index (χ0v) is 16.4. The van der Waals surface area contributed by atoms with Crippen molar-refractivity contribution < 1.29 is 23.8 Å². The van der Waals surface area contributed by atoms with E-state index < -0.39 is 23.6 Å². The molecule has 1 fully saturated rings. The minimum absolute atomic E-state index is 0.285. The van der Waals surface area contributed by atoms with Crippen molar-refractivity contribution in [1.29, 1.82) is 0 Å². The molecular weight excluding hydrogens is 393 g/mol. The molecule has 1 aliphatic heterocycles. The highest BCUT2D eigenvalue weighted by molar-refractivity contribution is 6.08. The van der Waals surface area contributed by atoms with Gasteiger partial charge >= 0.3 is 5.97 Å². The highest BCUT2D eigenvalue weighted by Crippen LogP contribution is 2.29. The van der Waals surface area contributed by atoms with Crippen LogP contribution in [0.2, 0.25) is 0 Å². The molecule has 0 spiro atoms. The third-order valence-corrected chi connectivity index (χ3v) is 5.16. The Morgan fingerprint density at radius 1 is 1.33 bits per heavy atom. The molecule has 0 bridgehead atoms. The van der Waals surface area contributed by atoms with Gasteiger partial charge in [-0.3, -0.25) is 9.89 Å². The Hall–Kier alpha value is -3.53. The first kappa shape index (κ1) is 19.8. The van der Waals surface area contributed by atoms with Crippen molar-refractivity contribution in [1.82, 2.24) is 25.4 Å². The number of aromatic amines is 1. The second kappa shape index (κ2) is 7.71. The van der Waals surface area contributed by atoms with Crippen molar-refractivity contribution >= 4 is 22.9 Å². The van der Waals surface area contributed by atoms with Gasteiger partial charge in [0.25, 0.3) is 5.91 Å². The number of esters is 1. The molecule has 1 atom stereocenters. The predicted molar refractivity (Wildman–Crippen MR) is 105 cm³/mol. The number of amides is 1. The molecular formula is C20H20FN5O4. The van der Waals surface area contributed by atoms with E-state index in [4.69, 9.17) is 4.74 Å². The average molecular weight is 413 g/mol. The van der Waals surface area contributed by atoms with E-state index >= 15 is 0 Å². The van der Waals surface area contributed by atoms with E-state index in [9.17, 15) is 19.1 Å². The van der Waals surface area contributed by atoms with Gasteiger partial charge in [0.1, 0.15) is 6.04 Å². The van der Waals surface area contributed by atoms with Crippen LogP contribution in [0.15, 0.2) is 24.3 Å². The topological polar surface area (TPSA) is 120 Å². The quantitative estimate of drug-likeness (QED) is 0.555. The number of halogens is 1. The number of methoxy groups -OCH3 is 1. The minimum Gasteiger partial charge on any atom is -0.505 e. The number of aromatic nitrogens is 3. The molecule has 3 heterocycles. The van der Waals surface area contributed by atoms with Gasteiger partial charge in [-0.25, -0.2) is 14.2 Å². The van der Waals surface area contributed by atoms with Crippen molar-refractivity contribution in [2.45, 2.75) is 13.0 Å². The summed E-state index contributed by atoms with van der Waals surface area (Å²) in [6.07, 6.45) is 0. The smallest absolute Gasteiger partial charge is 0.329 e. The Morgan fingerprint density at radius 2 is 2.13 bits per heavy atom. The van der Waals surface area contributed by atoms with Gasteiger partial charge in [0.05, 0.1) is 23.8 Å². The molecule has 10 heteroatoms. The number of rotatable bonds is 3. The number of piperazine rings is 1. The number of aromatic hydroxyl groups is 1. The predicted octanol–water partition coefficient (Wildman–Crippen LogP) is 1.37. The van der Waals surface area contributed by atoms with Crippen LogP contribution in [0.1, 0.15) is 16.1 Å². The molecule has 1 aromatic carbocycles. The van der Waals surface area contributed by atoms with Crippen LogP contribution >= 0.6 is 0 Å². The van der Waals surface area contributed by atoms with Gasteiger partial charge in [-0.15, -0.1) is 0 Å². The zero-order chi connectivity index (χ0) is 21.4. The van der Waals surface area contributed by atoms with Gasteiger partial charge < -0.3 is 20.1 Å². The summed E-state index contributed by atoms with van der Waals surface area (Å²) in [4.78, 5) is 31.6. The van der Waals surface area contributed by atoms with Gasteiger partial charge in [0, 0.05) is 30.9 Å². The number of nitrogens with one attached hydrogen (secondary N) is 2. The van der Waals surface area contributed by atoms with Gasteiger partial charge in [0.2, 0.25) is 0 Å². The summed E-state index contributed by atoms with van der Waals surface area (Å²) in [5, 5.41) is 20.0. The maximum atomic E-state index is 13.9. The number of aryl methyl sites for hydroxylation is 1. The minimum atomic E-state index is -0.798. The Balaban J connectivity index is 1.84. The highest BCUT2D eigenvalue weighted by atomic mass is 19.1. The summed E-state index contributed by atoms with van der Waals surface area (Å²) >= 11 is 0. The summed E-state index contributed by atoms with van der Waals surface area (Å²) in [5.41, 5.74) is 1.94. The van der Waals surface area contributed by atoms with Crippen molar-refractivity contribution in [2.24, 2.45) is 0 Å². The third-order valence-electron chi connectivity index (χ3n) is 5.16. The largest absolute Gasteiger partial charge is 0.505 e. The van der Waals surface area contributed by atoms with Crippen molar-refractivity contribution in [3.8, 4) is 17.0 Å². The number of ether oxygens (including phenoxy) is 1.